The van der Waals surface area contributed by atoms with Crippen LogP contribution in [0, 0.1) is 12.7 Å². The molecular weight excluding hydrogens is 507 g/mol. The lowest BCUT2D eigenvalue weighted by molar-refractivity contribution is -0.0391. The number of aryl methyl sites for hydroxylation is 1. The number of rotatable bonds is 3. The zero-order chi connectivity index (χ0) is 26.5. The van der Waals surface area contributed by atoms with E-state index in [4.69, 9.17) is 14.1 Å². The van der Waals surface area contributed by atoms with Crippen LogP contribution in [0.3, 0.4) is 0 Å². The Morgan fingerprint density at radius 3 is 2.67 bits per heavy atom. The Labute approximate surface area is 219 Å². The largest absolute Gasteiger partial charge is 0.423 e. The first kappa shape index (κ1) is 22.9. The molecule has 0 bridgehead atoms. The minimum absolute atomic E-state index is 0.205. The molecule has 5 heterocycles. The van der Waals surface area contributed by atoms with Crippen molar-refractivity contribution in [3.63, 3.8) is 0 Å². The van der Waals surface area contributed by atoms with Gasteiger partial charge in [-0.3, -0.25) is 4.98 Å². The second kappa shape index (κ2) is 7.98. The third kappa shape index (κ3) is 3.40. The lowest BCUT2D eigenvalue weighted by atomic mass is 9.93. The number of benzene rings is 2. The quantitative estimate of drug-likeness (QED) is 0.226. The van der Waals surface area contributed by atoms with Gasteiger partial charge in [0.15, 0.2) is 11.7 Å². The van der Waals surface area contributed by atoms with Crippen molar-refractivity contribution in [1.29, 1.82) is 0 Å². The van der Waals surface area contributed by atoms with E-state index in [1.54, 1.807) is 42.2 Å². The minimum atomic E-state index is -2.79. The summed E-state index contributed by atoms with van der Waals surface area (Å²) in [5.74, 6) is -3.76. The zero-order valence-electron chi connectivity index (χ0n) is 20.9. The number of hydrogen-bond acceptors (Lipinski definition) is 6. The van der Waals surface area contributed by atoms with Gasteiger partial charge in [0.1, 0.15) is 17.3 Å². The molecule has 2 aromatic carbocycles. The maximum Gasteiger partial charge on any atom is 0.256 e. The van der Waals surface area contributed by atoms with Gasteiger partial charge in [-0.05, 0) is 54.7 Å². The van der Waals surface area contributed by atoms with Crippen LogP contribution < -0.4 is 0 Å². The fourth-order valence-electron chi connectivity index (χ4n) is 5.94. The van der Waals surface area contributed by atoms with E-state index in [9.17, 15) is 8.78 Å². The number of fused-ring (bicyclic) bond motifs is 5. The molecule has 1 saturated carbocycles. The predicted octanol–water partition coefficient (Wildman–Crippen LogP) is 7.21. The van der Waals surface area contributed by atoms with Crippen LogP contribution in [-0.4, -0.2) is 37.3 Å². The SMILES string of the molecule is Cc1nc2c(-c3ccc(F)c4nn(C5CCCCO5)cc34)c3cc(C4CC4(F)F)c4ncccc4c3nc2o1. The average Bonchev–Trinajstić information content (AvgIpc) is 3.25. The Hall–Kier alpha value is -4.05. The maximum atomic E-state index is 15.1. The van der Waals surface area contributed by atoms with Gasteiger partial charge < -0.3 is 9.15 Å². The molecule has 0 spiro atoms. The van der Waals surface area contributed by atoms with Crippen LogP contribution >= 0.6 is 0 Å². The summed E-state index contributed by atoms with van der Waals surface area (Å²) in [4.78, 5) is 13.9. The van der Waals surface area contributed by atoms with E-state index in [1.165, 1.54) is 6.07 Å². The number of halogens is 3. The van der Waals surface area contributed by atoms with E-state index in [-0.39, 0.29) is 18.2 Å². The van der Waals surface area contributed by atoms with Gasteiger partial charge in [-0.2, -0.15) is 5.10 Å². The Morgan fingerprint density at radius 1 is 1.00 bits per heavy atom. The normalized spacial score (nSPS) is 20.9. The fourth-order valence-corrected chi connectivity index (χ4v) is 5.94. The van der Waals surface area contributed by atoms with E-state index in [0.717, 1.165) is 19.3 Å². The molecule has 0 N–H and O–H groups in total. The number of nitrogens with zero attached hydrogens (tertiary/aromatic N) is 5. The molecule has 0 amide bonds. The van der Waals surface area contributed by atoms with Crippen LogP contribution in [0.1, 0.15) is 49.3 Å². The second-order valence-corrected chi connectivity index (χ2v) is 10.4. The first-order valence-corrected chi connectivity index (χ1v) is 13.0. The number of alkyl halides is 2. The van der Waals surface area contributed by atoms with E-state index < -0.39 is 17.7 Å². The fraction of sp³-hybridized carbons (Fsp3) is 0.310. The highest BCUT2D eigenvalue weighted by molar-refractivity contribution is 6.18. The summed E-state index contributed by atoms with van der Waals surface area (Å²) in [6.07, 6.45) is 5.66. The highest BCUT2D eigenvalue weighted by atomic mass is 19.3. The predicted molar refractivity (Wildman–Crippen MR) is 139 cm³/mol. The first-order valence-electron chi connectivity index (χ1n) is 13.0. The molecule has 1 saturated heterocycles. The monoisotopic (exact) mass is 529 g/mol. The van der Waals surface area contributed by atoms with Crippen molar-refractivity contribution in [2.24, 2.45) is 0 Å². The van der Waals surface area contributed by atoms with Crippen molar-refractivity contribution >= 4 is 43.9 Å². The van der Waals surface area contributed by atoms with E-state index in [0.29, 0.717) is 67.6 Å². The van der Waals surface area contributed by atoms with Crippen LogP contribution in [0.5, 0.6) is 0 Å². The highest BCUT2D eigenvalue weighted by Gasteiger charge is 2.58. The Kier molecular flexibility index (Phi) is 4.69. The van der Waals surface area contributed by atoms with Crippen molar-refractivity contribution in [2.45, 2.75) is 50.7 Å². The molecule has 8 rings (SSSR count). The van der Waals surface area contributed by atoms with Crippen LogP contribution in [-0.2, 0) is 4.74 Å². The second-order valence-electron chi connectivity index (χ2n) is 10.4. The molecule has 2 atom stereocenters. The van der Waals surface area contributed by atoms with E-state index >= 15 is 4.39 Å². The molecule has 196 valence electrons. The molecule has 2 aliphatic rings. The Bertz CT molecular complexity index is 1960. The van der Waals surface area contributed by atoms with Crippen LogP contribution in [0.15, 0.2) is 47.1 Å². The van der Waals surface area contributed by atoms with E-state index in [1.807, 2.05) is 6.07 Å². The number of ether oxygens (including phenoxy) is 1. The molecule has 39 heavy (non-hydrogen) atoms. The number of aromatic nitrogens is 5. The van der Waals surface area contributed by atoms with Gasteiger partial charge >= 0.3 is 0 Å². The summed E-state index contributed by atoms with van der Waals surface area (Å²) in [6.45, 7) is 2.35. The number of oxazole rings is 1. The molecular formula is C29H22F3N5O2. The van der Waals surface area contributed by atoms with Gasteiger partial charge in [-0.1, -0.05) is 6.07 Å². The molecule has 7 nitrogen and oxygen atoms in total. The van der Waals surface area contributed by atoms with Gasteiger partial charge in [-0.25, -0.2) is 27.8 Å². The summed E-state index contributed by atoms with van der Waals surface area (Å²) in [6, 6.07) is 8.41. The molecule has 2 unspecified atom stereocenters. The van der Waals surface area contributed by atoms with Gasteiger partial charge in [0.25, 0.3) is 5.92 Å². The van der Waals surface area contributed by atoms with Crippen LogP contribution in [0.4, 0.5) is 13.2 Å². The van der Waals surface area contributed by atoms with Gasteiger partial charge in [0.2, 0.25) is 5.71 Å². The maximum absolute atomic E-state index is 15.1. The standard InChI is InChI=1S/C29H22F3N5O2/c1-14-34-27-23(15-7-8-21(30)26-19(15)13-37(36-26)22-6-2-3-10-38-22)18-11-17(20-12-29(20,31)32)24-16(5-4-9-33-24)25(18)35-28(27)39-14/h4-5,7-9,11,13,20,22H,2-3,6,10,12H2,1H3. The molecule has 10 heteroatoms. The summed E-state index contributed by atoms with van der Waals surface area (Å²) >= 11 is 0. The molecule has 6 aromatic rings. The van der Waals surface area contributed by atoms with Crippen molar-refractivity contribution in [3.05, 3.63) is 60.0 Å². The average molecular weight is 530 g/mol. The van der Waals surface area contributed by atoms with Crippen molar-refractivity contribution in [2.75, 3.05) is 6.61 Å². The molecule has 2 fully saturated rings. The zero-order valence-corrected chi connectivity index (χ0v) is 20.9. The summed E-state index contributed by atoms with van der Waals surface area (Å²) in [7, 11) is 0. The Morgan fingerprint density at radius 2 is 1.87 bits per heavy atom. The first-order chi connectivity index (χ1) is 18.9. The van der Waals surface area contributed by atoms with E-state index in [2.05, 4.69) is 15.1 Å². The number of pyridine rings is 2. The van der Waals surface area contributed by atoms with Gasteiger partial charge in [0.05, 0.1) is 17.0 Å². The van der Waals surface area contributed by atoms with Crippen LogP contribution in [0.2, 0.25) is 0 Å². The third-order valence-corrected chi connectivity index (χ3v) is 7.89. The summed E-state index contributed by atoms with van der Waals surface area (Å²) < 4.78 is 57.3. The lowest BCUT2D eigenvalue weighted by Gasteiger charge is -2.22. The van der Waals surface area contributed by atoms with Crippen LogP contribution in [0.25, 0.3) is 55.1 Å². The third-order valence-electron chi connectivity index (χ3n) is 7.89. The van der Waals surface area contributed by atoms with Crippen molar-refractivity contribution in [3.8, 4) is 11.1 Å². The molecule has 0 radical (unpaired) electrons. The minimum Gasteiger partial charge on any atom is -0.423 e. The molecule has 4 aromatic heterocycles. The van der Waals surface area contributed by atoms with Gasteiger partial charge in [-0.15, -0.1) is 0 Å². The molecule has 1 aliphatic heterocycles. The summed E-state index contributed by atoms with van der Waals surface area (Å²) in [5.41, 5.74) is 3.81. The lowest BCUT2D eigenvalue weighted by Crippen LogP contribution is -2.18. The van der Waals surface area contributed by atoms with Gasteiger partial charge in [0, 0.05) is 54.1 Å². The molecule has 1 aliphatic carbocycles. The topological polar surface area (TPSA) is 78.9 Å². The highest BCUT2D eigenvalue weighted by Crippen LogP contribution is 2.57. The smallest absolute Gasteiger partial charge is 0.256 e. The van der Waals surface area contributed by atoms with Crippen molar-refractivity contribution < 1.29 is 22.3 Å². The van der Waals surface area contributed by atoms with Crippen molar-refractivity contribution in [1.82, 2.24) is 24.7 Å². The Balaban J connectivity index is 1.48. The number of hydrogen-bond donors (Lipinski definition) is 0. The summed E-state index contributed by atoms with van der Waals surface area (Å²) in [5, 5.41) is 6.41.